The van der Waals surface area contributed by atoms with E-state index in [0.29, 0.717) is 36.4 Å². The van der Waals surface area contributed by atoms with Gasteiger partial charge in [-0.15, -0.1) is 0 Å². The molecule has 17 heteroatoms. The Balaban J connectivity index is 1.03. The van der Waals surface area contributed by atoms with Gasteiger partial charge in [0.1, 0.15) is 17.2 Å². The fourth-order valence-electron chi connectivity index (χ4n) is 5.62. The summed E-state index contributed by atoms with van der Waals surface area (Å²) in [7, 11) is -3.48. The van der Waals surface area contributed by atoms with E-state index in [1.165, 1.54) is 23.1 Å². The molecule has 50 heavy (non-hydrogen) atoms. The highest BCUT2D eigenvalue weighted by Crippen LogP contribution is 2.34. The summed E-state index contributed by atoms with van der Waals surface area (Å²) in [6, 6.07) is 16.7. The Morgan fingerprint density at radius 1 is 0.900 bits per heavy atom. The maximum atomic E-state index is 13.8. The van der Waals surface area contributed by atoms with E-state index >= 15 is 0 Å². The van der Waals surface area contributed by atoms with Crippen LogP contribution >= 0.6 is 0 Å². The number of nitrogens with zero attached hydrogens (tertiary/aromatic N) is 6. The molecule has 262 valence electrons. The summed E-state index contributed by atoms with van der Waals surface area (Å²) in [4.78, 5) is 41.9. The molecule has 2 aromatic heterocycles. The molecule has 0 bridgehead atoms. The molecule has 0 saturated carbocycles. The first kappa shape index (κ1) is 34.6. The van der Waals surface area contributed by atoms with Crippen molar-refractivity contribution in [1.82, 2.24) is 25.2 Å². The smallest absolute Gasteiger partial charge is 0.369 e. The number of hydrogen-bond donors (Lipinski definition) is 3. The number of piperazine rings is 1. The number of halogens is 3. The van der Waals surface area contributed by atoms with Gasteiger partial charge in [-0.3, -0.25) is 19.9 Å². The van der Waals surface area contributed by atoms with Crippen LogP contribution in [0.5, 0.6) is 0 Å². The molecule has 2 aliphatic rings. The summed E-state index contributed by atoms with van der Waals surface area (Å²) in [6.07, 6.45) is -0.959. The zero-order valence-corrected chi connectivity index (χ0v) is 27.8. The average Bonchev–Trinajstić information content (AvgIpc) is 3.08. The van der Waals surface area contributed by atoms with E-state index in [9.17, 15) is 31.2 Å². The Bertz CT molecular complexity index is 1970. The second-order valence-corrected chi connectivity index (χ2v) is 14.0. The molecular formula is C33H34F3N9O4S. The molecule has 6 rings (SSSR count). The van der Waals surface area contributed by atoms with E-state index in [4.69, 9.17) is 0 Å². The molecule has 13 nitrogen and oxygen atoms in total. The fourth-order valence-corrected chi connectivity index (χ4v) is 6.31. The van der Waals surface area contributed by atoms with Crippen LogP contribution < -0.4 is 25.8 Å². The van der Waals surface area contributed by atoms with Gasteiger partial charge in [0.25, 0.3) is 0 Å². The zero-order valence-electron chi connectivity index (χ0n) is 26.9. The van der Waals surface area contributed by atoms with Crippen LogP contribution in [0.25, 0.3) is 0 Å². The Morgan fingerprint density at radius 2 is 1.66 bits per heavy atom. The van der Waals surface area contributed by atoms with Crippen molar-refractivity contribution in [3.8, 4) is 0 Å². The number of aromatic nitrogens is 3. The third-order valence-corrected chi connectivity index (χ3v) is 9.40. The normalized spacial score (nSPS) is 15.9. The highest BCUT2D eigenvalue weighted by Gasteiger charge is 2.35. The number of anilines is 5. The van der Waals surface area contributed by atoms with Gasteiger partial charge in [0.2, 0.25) is 11.9 Å². The summed E-state index contributed by atoms with van der Waals surface area (Å²) in [5.41, 5.74) is 2.02. The Morgan fingerprint density at radius 3 is 2.32 bits per heavy atom. The van der Waals surface area contributed by atoms with Crippen LogP contribution in [0, 0.1) is 0 Å². The van der Waals surface area contributed by atoms with Gasteiger partial charge in [0, 0.05) is 82.3 Å². The molecule has 0 atom stereocenters. The lowest BCUT2D eigenvalue weighted by molar-refractivity contribution is -0.137. The van der Waals surface area contributed by atoms with E-state index in [1.807, 2.05) is 18.2 Å². The monoisotopic (exact) mass is 709 g/mol. The van der Waals surface area contributed by atoms with E-state index in [1.54, 1.807) is 30.5 Å². The molecule has 0 radical (unpaired) electrons. The summed E-state index contributed by atoms with van der Waals surface area (Å²) in [5, 5.41) is 7.94. The molecule has 0 aliphatic carbocycles. The Hall–Kier alpha value is -5.29. The molecular weight excluding hydrogens is 675 g/mol. The second-order valence-electron chi connectivity index (χ2n) is 11.9. The van der Waals surface area contributed by atoms with Gasteiger partial charge in [-0.05, 0) is 53.6 Å². The quantitative estimate of drug-likeness (QED) is 0.215. The summed E-state index contributed by atoms with van der Waals surface area (Å²) >= 11 is 0. The molecule has 4 aromatic rings. The largest absolute Gasteiger partial charge is 0.421 e. The van der Waals surface area contributed by atoms with E-state index < -0.39 is 33.4 Å². The third-order valence-electron chi connectivity index (χ3n) is 8.29. The van der Waals surface area contributed by atoms with Crippen molar-refractivity contribution in [2.75, 3.05) is 59.4 Å². The number of benzene rings is 2. The number of carbonyl (C=O) groups is 2. The van der Waals surface area contributed by atoms with Crippen molar-refractivity contribution in [3.05, 3.63) is 89.7 Å². The van der Waals surface area contributed by atoms with Crippen LogP contribution in [-0.4, -0.2) is 79.2 Å². The van der Waals surface area contributed by atoms with Crippen LogP contribution in [0.4, 0.5) is 46.9 Å². The SMILES string of the molecule is CS(=O)(=O)c1cccc(CNc2nc(Nc3ccc(N4CCN(Cc5ccc(N6CCC(=O)NC6=O)nc5)CC4)cc3)ncc2C(F)(F)F)c1. The van der Waals surface area contributed by atoms with Gasteiger partial charge in [-0.25, -0.2) is 23.2 Å². The van der Waals surface area contributed by atoms with Crippen molar-refractivity contribution in [1.29, 1.82) is 0 Å². The first-order valence-electron chi connectivity index (χ1n) is 15.7. The van der Waals surface area contributed by atoms with Crippen molar-refractivity contribution < 1.29 is 31.2 Å². The third kappa shape index (κ3) is 8.46. The minimum Gasteiger partial charge on any atom is -0.369 e. The van der Waals surface area contributed by atoms with E-state index in [0.717, 1.165) is 43.7 Å². The lowest BCUT2D eigenvalue weighted by Crippen LogP contribution is -2.49. The predicted octanol–water partition coefficient (Wildman–Crippen LogP) is 4.42. The molecule has 2 aliphatic heterocycles. The van der Waals surface area contributed by atoms with E-state index in [-0.39, 0.29) is 29.7 Å². The number of alkyl halides is 3. The van der Waals surface area contributed by atoms with Crippen molar-refractivity contribution in [2.24, 2.45) is 0 Å². The van der Waals surface area contributed by atoms with Crippen LogP contribution in [0.15, 0.2) is 78.0 Å². The Labute approximate surface area is 286 Å². The van der Waals surface area contributed by atoms with Gasteiger partial charge in [-0.2, -0.15) is 18.2 Å². The molecule has 3 N–H and O–H groups in total. The molecule has 2 saturated heterocycles. The van der Waals surface area contributed by atoms with Crippen molar-refractivity contribution in [2.45, 2.75) is 30.6 Å². The van der Waals surface area contributed by atoms with Crippen LogP contribution in [0.3, 0.4) is 0 Å². The van der Waals surface area contributed by atoms with Crippen molar-refractivity contribution >= 4 is 50.7 Å². The topological polar surface area (TPSA) is 153 Å². The fraction of sp³-hybridized carbons (Fsp3) is 0.303. The minimum absolute atomic E-state index is 0.0384. The predicted molar refractivity (Wildman–Crippen MR) is 181 cm³/mol. The van der Waals surface area contributed by atoms with Crippen LogP contribution in [0.2, 0.25) is 0 Å². The zero-order chi connectivity index (χ0) is 35.5. The van der Waals surface area contributed by atoms with Gasteiger partial charge in [-0.1, -0.05) is 18.2 Å². The second kappa shape index (κ2) is 14.3. The number of nitrogens with one attached hydrogen (secondary N) is 3. The Kier molecular flexibility index (Phi) is 9.88. The minimum atomic E-state index is -4.71. The molecule has 0 spiro atoms. The van der Waals surface area contributed by atoms with Gasteiger partial charge >= 0.3 is 12.2 Å². The highest BCUT2D eigenvalue weighted by molar-refractivity contribution is 7.90. The molecule has 2 fully saturated rings. The average molecular weight is 710 g/mol. The number of carbonyl (C=O) groups excluding carboxylic acids is 2. The number of imide groups is 1. The number of amides is 3. The first-order chi connectivity index (χ1) is 23.8. The molecule has 0 unspecified atom stereocenters. The maximum absolute atomic E-state index is 13.8. The molecule has 2 aromatic carbocycles. The number of sulfone groups is 1. The summed E-state index contributed by atoms with van der Waals surface area (Å²) < 4.78 is 65.0. The lowest BCUT2D eigenvalue weighted by Gasteiger charge is -2.36. The standard InChI is InChI=1S/C33H34F3N9O4S/c1-50(48,49)26-4-2-3-22(17-26)18-38-30-27(33(34,35)36)20-39-31(42-30)40-24-6-8-25(9-7-24)44-15-13-43(14-16-44)21-23-5-10-28(37-19-23)45-12-11-29(46)41-32(45)47/h2-10,17,19-20H,11-16,18,21H2,1H3,(H,41,46,47)(H2,38,39,40,42). The van der Waals surface area contributed by atoms with Gasteiger partial charge in [0.05, 0.1) is 4.90 Å². The number of pyridine rings is 1. The maximum Gasteiger partial charge on any atom is 0.421 e. The lowest BCUT2D eigenvalue weighted by atomic mass is 10.2. The number of urea groups is 1. The number of rotatable bonds is 10. The summed E-state index contributed by atoms with van der Waals surface area (Å²) in [5.74, 6) is -0.268. The van der Waals surface area contributed by atoms with Crippen molar-refractivity contribution in [3.63, 3.8) is 0 Å². The van der Waals surface area contributed by atoms with Crippen LogP contribution in [0.1, 0.15) is 23.1 Å². The van der Waals surface area contributed by atoms with Crippen LogP contribution in [-0.2, 0) is 33.9 Å². The molecule has 3 amide bonds. The van der Waals surface area contributed by atoms with Gasteiger partial charge in [0.15, 0.2) is 9.84 Å². The van der Waals surface area contributed by atoms with E-state index in [2.05, 4.69) is 40.7 Å². The molecule has 4 heterocycles. The van der Waals surface area contributed by atoms with Gasteiger partial charge < -0.3 is 15.5 Å². The summed E-state index contributed by atoms with van der Waals surface area (Å²) in [6.45, 7) is 4.10. The number of hydrogen-bond acceptors (Lipinski definition) is 11. The first-order valence-corrected chi connectivity index (χ1v) is 17.6. The highest BCUT2D eigenvalue weighted by atomic mass is 32.2.